The van der Waals surface area contributed by atoms with E-state index in [0.717, 1.165) is 51.4 Å². The predicted molar refractivity (Wildman–Crippen MR) is 255 cm³/mol. The summed E-state index contributed by atoms with van der Waals surface area (Å²) in [6.45, 7) is 6.49. The number of carbonyl (C=O) groups excluding carboxylic acids is 2. The number of esters is 1. The van der Waals surface area contributed by atoms with Gasteiger partial charge in [-0.05, 0) is 51.4 Å². The van der Waals surface area contributed by atoms with Gasteiger partial charge in [0.25, 0.3) is 0 Å². The van der Waals surface area contributed by atoms with Crippen LogP contribution >= 0.6 is 0 Å². The maximum atomic E-state index is 13.2. The molecule has 0 spiro atoms. The molecular formula is C53H103NO5. The van der Waals surface area contributed by atoms with Gasteiger partial charge >= 0.3 is 5.97 Å². The minimum Gasteiger partial charge on any atom is -0.462 e. The number of ether oxygens (including phenoxy) is 1. The van der Waals surface area contributed by atoms with Gasteiger partial charge in [0.2, 0.25) is 5.91 Å². The summed E-state index contributed by atoms with van der Waals surface area (Å²) in [6.07, 6.45) is 52.8. The molecule has 1 amide bonds. The molecule has 0 fully saturated rings. The summed E-state index contributed by atoms with van der Waals surface area (Å²) in [7, 11) is 0. The van der Waals surface area contributed by atoms with Crippen molar-refractivity contribution in [2.45, 2.75) is 309 Å². The molecule has 3 unspecified atom stereocenters. The van der Waals surface area contributed by atoms with Crippen molar-refractivity contribution >= 4 is 11.9 Å². The molecule has 3 atom stereocenters. The van der Waals surface area contributed by atoms with E-state index in [9.17, 15) is 19.8 Å². The maximum absolute atomic E-state index is 13.2. The molecule has 0 heterocycles. The van der Waals surface area contributed by atoms with E-state index < -0.39 is 18.2 Å². The highest BCUT2D eigenvalue weighted by Gasteiger charge is 2.24. The Labute approximate surface area is 368 Å². The highest BCUT2D eigenvalue weighted by atomic mass is 16.5. The van der Waals surface area contributed by atoms with Crippen molar-refractivity contribution in [2.24, 2.45) is 0 Å². The number of carbonyl (C=O) groups is 2. The number of rotatable bonds is 48. The Balaban J connectivity index is 4.53. The zero-order valence-corrected chi connectivity index (χ0v) is 39.9. The van der Waals surface area contributed by atoms with Crippen molar-refractivity contribution in [2.75, 3.05) is 6.61 Å². The second-order valence-corrected chi connectivity index (χ2v) is 18.3. The number of hydrogen-bond donors (Lipinski definition) is 3. The van der Waals surface area contributed by atoms with Gasteiger partial charge in [-0.3, -0.25) is 9.59 Å². The van der Waals surface area contributed by atoms with Gasteiger partial charge in [0, 0.05) is 6.42 Å². The van der Waals surface area contributed by atoms with Crippen LogP contribution in [0.25, 0.3) is 0 Å². The molecule has 0 bridgehead atoms. The largest absolute Gasteiger partial charge is 0.462 e. The van der Waals surface area contributed by atoms with E-state index in [1.807, 2.05) is 0 Å². The van der Waals surface area contributed by atoms with Crippen LogP contribution in [-0.2, 0) is 14.3 Å². The van der Waals surface area contributed by atoms with Gasteiger partial charge in [0.15, 0.2) is 0 Å². The fourth-order valence-electron chi connectivity index (χ4n) is 8.31. The minimum absolute atomic E-state index is 0.0814. The van der Waals surface area contributed by atoms with E-state index in [0.29, 0.717) is 19.3 Å². The molecule has 0 aliphatic heterocycles. The maximum Gasteiger partial charge on any atom is 0.306 e. The molecule has 0 saturated heterocycles. The lowest BCUT2D eigenvalue weighted by Gasteiger charge is -2.24. The first-order chi connectivity index (χ1) is 29.0. The average Bonchev–Trinajstić information content (AvgIpc) is 3.23. The number of aliphatic hydroxyl groups excluding tert-OH is 2. The number of nitrogens with one attached hydrogen (secondary N) is 1. The lowest BCUT2D eigenvalue weighted by atomic mass is 10.0. The second kappa shape index (κ2) is 47.6. The normalized spacial score (nSPS) is 13.2. The van der Waals surface area contributed by atoms with Crippen molar-refractivity contribution < 1.29 is 24.5 Å². The van der Waals surface area contributed by atoms with Crippen LogP contribution in [0.4, 0.5) is 0 Å². The van der Waals surface area contributed by atoms with E-state index in [2.05, 4.69) is 38.2 Å². The Morgan fingerprint density at radius 1 is 0.475 bits per heavy atom. The Hall–Kier alpha value is -1.40. The van der Waals surface area contributed by atoms with Crippen LogP contribution in [0.3, 0.4) is 0 Å². The molecule has 0 aliphatic rings. The van der Waals surface area contributed by atoms with Crippen LogP contribution in [0.2, 0.25) is 0 Å². The van der Waals surface area contributed by atoms with Crippen LogP contribution < -0.4 is 5.32 Å². The summed E-state index contributed by atoms with van der Waals surface area (Å²) in [5, 5.41) is 23.7. The molecule has 0 aromatic heterocycles. The van der Waals surface area contributed by atoms with Crippen LogP contribution in [0.15, 0.2) is 12.2 Å². The minimum atomic E-state index is -0.781. The first-order valence-electron chi connectivity index (χ1n) is 26.4. The van der Waals surface area contributed by atoms with Crippen LogP contribution in [0.5, 0.6) is 0 Å². The van der Waals surface area contributed by atoms with Crippen molar-refractivity contribution in [1.82, 2.24) is 5.32 Å². The lowest BCUT2D eigenvalue weighted by molar-refractivity contribution is -0.151. The molecule has 0 saturated carbocycles. The van der Waals surface area contributed by atoms with Crippen molar-refractivity contribution in [1.29, 1.82) is 0 Å². The molecule has 0 aromatic rings. The van der Waals surface area contributed by atoms with Crippen LogP contribution in [0.1, 0.15) is 290 Å². The highest BCUT2D eigenvalue weighted by Crippen LogP contribution is 2.18. The van der Waals surface area contributed by atoms with Crippen molar-refractivity contribution in [3.63, 3.8) is 0 Å². The topological polar surface area (TPSA) is 95.9 Å². The number of hydrogen-bond acceptors (Lipinski definition) is 5. The zero-order valence-electron chi connectivity index (χ0n) is 39.9. The molecule has 0 aliphatic carbocycles. The van der Waals surface area contributed by atoms with Gasteiger partial charge in [0.05, 0.1) is 25.2 Å². The summed E-state index contributed by atoms with van der Waals surface area (Å²) in [6, 6.07) is -0.695. The predicted octanol–water partition coefficient (Wildman–Crippen LogP) is 15.7. The molecule has 0 aromatic carbocycles. The number of allylic oxidation sites excluding steroid dienone is 2. The van der Waals surface area contributed by atoms with E-state index in [4.69, 9.17) is 4.74 Å². The van der Waals surface area contributed by atoms with Crippen LogP contribution in [0, 0.1) is 0 Å². The fraction of sp³-hybridized carbons (Fsp3) is 0.925. The summed E-state index contributed by atoms with van der Waals surface area (Å²) in [5.41, 5.74) is 0. The fourth-order valence-corrected chi connectivity index (χ4v) is 8.31. The summed E-state index contributed by atoms with van der Waals surface area (Å²) in [4.78, 5) is 26.1. The Bertz CT molecular complexity index is 893. The lowest BCUT2D eigenvalue weighted by Crippen LogP contribution is -2.46. The third-order valence-corrected chi connectivity index (χ3v) is 12.3. The zero-order chi connectivity index (χ0) is 43.1. The van der Waals surface area contributed by atoms with Gasteiger partial charge in [0.1, 0.15) is 6.10 Å². The quantitative estimate of drug-likeness (QED) is 0.0322. The summed E-state index contributed by atoms with van der Waals surface area (Å²) < 4.78 is 5.94. The monoisotopic (exact) mass is 834 g/mol. The molecule has 0 rings (SSSR count). The number of amides is 1. The van der Waals surface area contributed by atoms with Crippen LogP contribution in [-0.4, -0.2) is 46.9 Å². The average molecular weight is 834 g/mol. The van der Waals surface area contributed by atoms with Crippen molar-refractivity contribution in [3.8, 4) is 0 Å². The first-order valence-corrected chi connectivity index (χ1v) is 26.4. The Morgan fingerprint density at radius 2 is 0.814 bits per heavy atom. The van der Waals surface area contributed by atoms with Gasteiger partial charge in [-0.1, -0.05) is 238 Å². The standard InChI is InChI=1S/C53H103NO5/c1-4-7-10-13-16-19-21-23-25-27-29-31-34-37-40-43-46-53(58)59-49(44-41-38-35-33-30-28-26-24-22-20-17-14-11-8-5-2)47-52(57)54-50(48-55)51(56)45-42-39-36-32-18-15-12-9-6-3/h25,27,49-51,55-56H,4-24,26,28-48H2,1-3H3,(H,54,57)/b27-25+. The van der Waals surface area contributed by atoms with Crippen molar-refractivity contribution in [3.05, 3.63) is 12.2 Å². The highest BCUT2D eigenvalue weighted by molar-refractivity contribution is 5.77. The van der Waals surface area contributed by atoms with Gasteiger partial charge in [-0.25, -0.2) is 0 Å². The van der Waals surface area contributed by atoms with Gasteiger partial charge < -0.3 is 20.3 Å². The molecular weight excluding hydrogens is 731 g/mol. The van der Waals surface area contributed by atoms with E-state index >= 15 is 0 Å². The molecule has 6 heteroatoms. The summed E-state index contributed by atoms with van der Waals surface area (Å²) in [5.74, 6) is -0.466. The first kappa shape index (κ1) is 57.6. The molecule has 59 heavy (non-hydrogen) atoms. The molecule has 6 nitrogen and oxygen atoms in total. The Kier molecular flexibility index (Phi) is 46.5. The molecule has 0 radical (unpaired) electrons. The van der Waals surface area contributed by atoms with E-state index in [1.165, 1.54) is 193 Å². The van der Waals surface area contributed by atoms with Gasteiger partial charge in [-0.2, -0.15) is 0 Å². The SMILES string of the molecule is CCCCCCCCC/C=C/CCCCCCCC(=O)OC(CCCCCCCCCCCCCCCCC)CC(=O)NC(CO)C(O)CCCCCCCCCCC. The second-order valence-electron chi connectivity index (χ2n) is 18.3. The molecule has 3 N–H and O–H groups in total. The summed E-state index contributed by atoms with van der Waals surface area (Å²) >= 11 is 0. The number of aliphatic hydroxyl groups is 2. The number of unbranched alkanes of at least 4 members (excludes halogenated alkanes) is 34. The molecule has 350 valence electrons. The Morgan fingerprint density at radius 3 is 1.20 bits per heavy atom. The third-order valence-electron chi connectivity index (χ3n) is 12.3. The van der Waals surface area contributed by atoms with E-state index in [-0.39, 0.29) is 24.9 Å². The van der Waals surface area contributed by atoms with Gasteiger partial charge in [-0.15, -0.1) is 0 Å². The third kappa shape index (κ3) is 43.1. The smallest absolute Gasteiger partial charge is 0.306 e. The van der Waals surface area contributed by atoms with E-state index in [1.54, 1.807) is 0 Å².